The van der Waals surface area contributed by atoms with Gasteiger partial charge < -0.3 is 14.1 Å². The minimum absolute atomic E-state index is 0.140. The number of carbonyl (C=O) groups is 1. The van der Waals surface area contributed by atoms with E-state index in [1.165, 1.54) is 0 Å². The monoisotopic (exact) mass is 370 g/mol. The topological polar surface area (TPSA) is 45.9 Å². The lowest BCUT2D eigenvalue weighted by molar-refractivity contribution is -0.134. The molecule has 2 aromatic rings. The van der Waals surface area contributed by atoms with Crippen LogP contribution in [0.2, 0.25) is 0 Å². The van der Waals surface area contributed by atoms with Crippen molar-refractivity contribution >= 4 is 5.91 Å². The van der Waals surface area contributed by atoms with E-state index in [0.29, 0.717) is 19.1 Å². The maximum atomic E-state index is 13.1. The Morgan fingerprint density at radius 3 is 2.67 bits per heavy atom. The minimum atomic E-state index is 0.140. The summed E-state index contributed by atoms with van der Waals surface area (Å²) in [5.41, 5.74) is 1.16. The molecule has 0 radical (unpaired) electrons. The summed E-state index contributed by atoms with van der Waals surface area (Å²) in [6.45, 7) is 7.95. The number of amides is 1. The Morgan fingerprint density at radius 1 is 1.30 bits per heavy atom. The average Bonchev–Trinajstić information content (AvgIpc) is 3.44. The molecule has 1 aliphatic carbocycles. The van der Waals surface area contributed by atoms with Crippen LogP contribution in [-0.2, 0) is 11.3 Å². The van der Waals surface area contributed by atoms with E-state index in [9.17, 15) is 4.79 Å². The highest BCUT2D eigenvalue weighted by molar-refractivity contribution is 5.79. The van der Waals surface area contributed by atoms with Gasteiger partial charge in [-0.1, -0.05) is 19.1 Å². The van der Waals surface area contributed by atoms with E-state index in [2.05, 4.69) is 24.8 Å². The largest absolute Gasteiger partial charge is 0.497 e. The van der Waals surface area contributed by atoms with Gasteiger partial charge in [-0.15, -0.1) is 0 Å². The number of likely N-dealkylation sites (N-methyl/N-ethyl adjacent to an activating group) is 1. The van der Waals surface area contributed by atoms with E-state index in [-0.39, 0.29) is 11.9 Å². The third-order valence-electron chi connectivity index (χ3n) is 5.30. The fourth-order valence-corrected chi connectivity index (χ4v) is 3.44. The first-order valence-electron chi connectivity index (χ1n) is 9.74. The van der Waals surface area contributed by atoms with Gasteiger partial charge in [0, 0.05) is 12.1 Å². The van der Waals surface area contributed by atoms with Crippen molar-refractivity contribution in [3.05, 3.63) is 53.5 Å². The molecule has 5 nitrogen and oxygen atoms in total. The Hall–Kier alpha value is -2.27. The van der Waals surface area contributed by atoms with E-state index >= 15 is 0 Å². The first kappa shape index (κ1) is 19.5. The zero-order valence-electron chi connectivity index (χ0n) is 16.8. The van der Waals surface area contributed by atoms with Crippen LogP contribution in [0.15, 0.2) is 40.8 Å². The summed E-state index contributed by atoms with van der Waals surface area (Å²) in [6, 6.07) is 12.5. The van der Waals surface area contributed by atoms with Gasteiger partial charge in [0.25, 0.3) is 0 Å². The molecule has 1 aromatic heterocycles. The van der Waals surface area contributed by atoms with Crippen molar-refractivity contribution in [1.82, 2.24) is 9.80 Å². The molecule has 0 spiro atoms. The number of rotatable bonds is 9. The fourth-order valence-electron chi connectivity index (χ4n) is 3.44. The molecular formula is C22H30N2O3. The molecule has 3 rings (SSSR count). The molecule has 0 saturated heterocycles. The van der Waals surface area contributed by atoms with Crippen LogP contribution in [0, 0.1) is 6.92 Å². The first-order chi connectivity index (χ1) is 13.0. The third-order valence-corrected chi connectivity index (χ3v) is 5.30. The summed E-state index contributed by atoms with van der Waals surface area (Å²) in [7, 11) is 1.68. The van der Waals surface area contributed by atoms with Gasteiger partial charge in [0.05, 0.1) is 20.2 Å². The lowest BCUT2D eigenvalue weighted by Gasteiger charge is -2.31. The highest BCUT2D eigenvalue weighted by Crippen LogP contribution is 2.30. The van der Waals surface area contributed by atoms with Crippen LogP contribution in [0.5, 0.6) is 5.75 Å². The number of nitrogens with zero attached hydrogens (tertiary/aromatic N) is 2. The highest BCUT2D eigenvalue weighted by Gasteiger charge is 2.34. The van der Waals surface area contributed by atoms with E-state index < -0.39 is 0 Å². The van der Waals surface area contributed by atoms with Crippen molar-refractivity contribution in [2.24, 2.45) is 0 Å². The number of aryl methyl sites for hydroxylation is 1. The lowest BCUT2D eigenvalue weighted by atomic mass is 10.1. The Balaban J connectivity index is 1.68. The van der Waals surface area contributed by atoms with Gasteiger partial charge in [-0.3, -0.25) is 9.69 Å². The second-order valence-corrected chi connectivity index (χ2v) is 7.28. The summed E-state index contributed by atoms with van der Waals surface area (Å²) in [5, 5.41) is 0. The Kier molecular flexibility index (Phi) is 6.22. The number of methoxy groups -OCH3 is 1. The van der Waals surface area contributed by atoms with E-state index in [0.717, 1.165) is 42.2 Å². The maximum absolute atomic E-state index is 13.1. The van der Waals surface area contributed by atoms with Crippen LogP contribution >= 0.6 is 0 Å². The van der Waals surface area contributed by atoms with E-state index in [1.807, 2.05) is 42.2 Å². The summed E-state index contributed by atoms with van der Waals surface area (Å²) >= 11 is 0. The van der Waals surface area contributed by atoms with Crippen LogP contribution in [0.4, 0.5) is 0 Å². The number of furan rings is 1. The van der Waals surface area contributed by atoms with Crippen LogP contribution in [-0.4, -0.2) is 41.9 Å². The van der Waals surface area contributed by atoms with Crippen LogP contribution in [0.1, 0.15) is 49.8 Å². The smallest absolute Gasteiger partial charge is 0.237 e. The lowest BCUT2D eigenvalue weighted by Crippen LogP contribution is -2.42. The van der Waals surface area contributed by atoms with Crippen molar-refractivity contribution < 1.29 is 13.9 Å². The Labute approximate surface area is 161 Å². The molecular weight excluding hydrogens is 340 g/mol. The van der Waals surface area contributed by atoms with Crippen molar-refractivity contribution in [3.8, 4) is 5.75 Å². The van der Waals surface area contributed by atoms with Crippen molar-refractivity contribution in [2.45, 2.75) is 52.2 Å². The van der Waals surface area contributed by atoms with Crippen LogP contribution in [0.3, 0.4) is 0 Å². The van der Waals surface area contributed by atoms with E-state index in [4.69, 9.17) is 9.15 Å². The number of carbonyl (C=O) groups excluding carboxylic acids is 1. The van der Waals surface area contributed by atoms with Gasteiger partial charge in [-0.25, -0.2) is 0 Å². The predicted octanol–water partition coefficient (Wildman–Crippen LogP) is 4.17. The summed E-state index contributed by atoms with van der Waals surface area (Å²) in [4.78, 5) is 17.3. The molecule has 27 heavy (non-hydrogen) atoms. The maximum Gasteiger partial charge on any atom is 0.237 e. The number of benzene rings is 1. The zero-order chi connectivity index (χ0) is 19.4. The molecule has 1 aliphatic rings. The normalized spacial score (nSPS) is 15.0. The standard InChI is InChI=1S/C22H30N2O3/c1-5-23(17(3)18-7-6-8-20(13-18)26-4)15-22(25)24(19-10-11-19)14-21-12-9-16(2)27-21/h6-9,12-13,17,19H,5,10-11,14-15H2,1-4H3. The van der Waals surface area contributed by atoms with Gasteiger partial charge in [-0.2, -0.15) is 0 Å². The number of hydrogen-bond donors (Lipinski definition) is 0. The quantitative estimate of drug-likeness (QED) is 0.665. The van der Waals surface area contributed by atoms with Gasteiger partial charge in [0.1, 0.15) is 17.3 Å². The number of ether oxygens (including phenoxy) is 1. The summed E-state index contributed by atoms with van der Waals surface area (Å²) < 4.78 is 11.0. The molecule has 1 amide bonds. The van der Waals surface area contributed by atoms with Crippen molar-refractivity contribution in [2.75, 3.05) is 20.2 Å². The Bertz CT molecular complexity index is 766. The Morgan fingerprint density at radius 2 is 2.07 bits per heavy atom. The average molecular weight is 370 g/mol. The first-order valence-corrected chi connectivity index (χ1v) is 9.74. The molecule has 5 heteroatoms. The number of hydrogen-bond acceptors (Lipinski definition) is 4. The fraction of sp³-hybridized carbons (Fsp3) is 0.500. The van der Waals surface area contributed by atoms with Gasteiger partial charge >= 0.3 is 0 Å². The van der Waals surface area contributed by atoms with Gasteiger partial charge in [-0.05, 0) is 63.1 Å². The van der Waals surface area contributed by atoms with Crippen LogP contribution in [0.25, 0.3) is 0 Å². The SMILES string of the molecule is CCN(CC(=O)N(Cc1ccc(C)o1)C1CC1)C(C)c1cccc(OC)c1. The molecule has 1 aromatic carbocycles. The molecule has 1 fully saturated rings. The predicted molar refractivity (Wildman–Crippen MR) is 106 cm³/mol. The van der Waals surface area contributed by atoms with Crippen molar-refractivity contribution in [3.63, 3.8) is 0 Å². The van der Waals surface area contributed by atoms with Gasteiger partial charge in [0.15, 0.2) is 0 Å². The minimum Gasteiger partial charge on any atom is -0.497 e. The summed E-state index contributed by atoms with van der Waals surface area (Å²) in [5.74, 6) is 2.75. The van der Waals surface area contributed by atoms with Gasteiger partial charge in [0.2, 0.25) is 5.91 Å². The zero-order valence-corrected chi connectivity index (χ0v) is 16.8. The molecule has 0 aliphatic heterocycles. The molecule has 1 unspecified atom stereocenters. The third kappa shape index (κ3) is 4.92. The molecule has 0 N–H and O–H groups in total. The van der Waals surface area contributed by atoms with Crippen LogP contribution < -0.4 is 4.74 Å². The molecule has 0 bridgehead atoms. The summed E-state index contributed by atoms with van der Waals surface area (Å²) in [6.07, 6.45) is 2.17. The van der Waals surface area contributed by atoms with Crippen molar-refractivity contribution in [1.29, 1.82) is 0 Å². The highest BCUT2D eigenvalue weighted by atomic mass is 16.5. The molecule has 146 valence electrons. The second-order valence-electron chi connectivity index (χ2n) is 7.28. The molecule has 1 heterocycles. The second kappa shape index (κ2) is 8.61. The molecule has 1 atom stereocenters. The van der Waals surface area contributed by atoms with E-state index in [1.54, 1.807) is 7.11 Å². The molecule has 1 saturated carbocycles.